The van der Waals surface area contributed by atoms with Crippen LogP contribution in [0.2, 0.25) is 5.02 Å². The molecule has 8 heteroatoms. The van der Waals surface area contributed by atoms with Gasteiger partial charge in [0.25, 0.3) is 11.8 Å². The summed E-state index contributed by atoms with van der Waals surface area (Å²) >= 11 is 6.02. The van der Waals surface area contributed by atoms with Gasteiger partial charge in [-0.2, -0.15) is 0 Å². The van der Waals surface area contributed by atoms with Gasteiger partial charge in [0.2, 0.25) is 5.91 Å². The number of unbranched alkanes of at least 4 members (excludes halogenated alkanes) is 1. The van der Waals surface area contributed by atoms with Crippen LogP contribution in [0.4, 0.5) is 5.69 Å². The number of amides is 3. The van der Waals surface area contributed by atoms with Crippen LogP contribution in [0.1, 0.15) is 40.0 Å². The van der Waals surface area contributed by atoms with Crippen molar-refractivity contribution in [1.29, 1.82) is 0 Å². The molecule has 0 atom stereocenters. The highest BCUT2D eigenvalue weighted by Gasteiger charge is 2.34. The molecule has 2 heterocycles. The van der Waals surface area contributed by atoms with Gasteiger partial charge in [0.1, 0.15) is 0 Å². The fraction of sp³-hybridized carbons (Fsp3) is 0.250. The Morgan fingerprint density at radius 1 is 0.969 bits per heavy atom. The largest absolute Gasteiger partial charge is 0.384 e. The van der Waals surface area contributed by atoms with Crippen LogP contribution in [0.5, 0.6) is 0 Å². The van der Waals surface area contributed by atoms with Gasteiger partial charge in [-0.15, -0.1) is 0 Å². The predicted octanol–water partition coefficient (Wildman–Crippen LogP) is 3.88. The molecule has 0 fully saturated rings. The normalized spacial score (nSPS) is 12.8. The molecule has 0 saturated carbocycles. The van der Waals surface area contributed by atoms with E-state index in [0.29, 0.717) is 22.7 Å². The van der Waals surface area contributed by atoms with Crippen molar-refractivity contribution in [2.24, 2.45) is 0 Å². The lowest BCUT2D eigenvalue weighted by Gasteiger charge is -2.13. The molecule has 0 unspecified atom stereocenters. The van der Waals surface area contributed by atoms with Crippen LogP contribution in [0.3, 0.4) is 0 Å². The number of hydrogen-bond acceptors (Lipinski definition) is 5. The molecule has 0 spiro atoms. The maximum absolute atomic E-state index is 12.3. The number of hydrogen-bond donors (Lipinski definition) is 2. The molecule has 0 bridgehead atoms. The van der Waals surface area contributed by atoms with Crippen LogP contribution in [0.15, 0.2) is 54.7 Å². The average molecular weight is 451 g/mol. The first-order chi connectivity index (χ1) is 15.5. The Balaban J connectivity index is 1.15. The Kier molecular flexibility index (Phi) is 6.66. The van der Waals surface area contributed by atoms with Crippen molar-refractivity contribution in [1.82, 2.24) is 15.2 Å². The Bertz CT molecular complexity index is 1150. The lowest BCUT2D eigenvalue weighted by molar-refractivity contribution is -0.121. The number of nitrogens with one attached hydrogen (secondary N) is 2. The third-order valence-corrected chi connectivity index (χ3v) is 5.62. The molecule has 0 radical (unpaired) electrons. The number of imide groups is 1. The quantitative estimate of drug-likeness (QED) is 0.381. The minimum atomic E-state index is -0.338. The second kappa shape index (κ2) is 9.78. The summed E-state index contributed by atoms with van der Waals surface area (Å²) in [5.41, 5.74) is 2.63. The lowest BCUT2D eigenvalue weighted by atomic mass is 10.1. The summed E-state index contributed by atoms with van der Waals surface area (Å²) in [6, 6.07) is 14.3. The molecule has 7 nitrogen and oxygen atoms in total. The summed E-state index contributed by atoms with van der Waals surface area (Å²) in [7, 11) is 0. The molecule has 0 aliphatic carbocycles. The Labute approximate surface area is 190 Å². The van der Waals surface area contributed by atoms with Crippen molar-refractivity contribution in [2.45, 2.75) is 19.3 Å². The van der Waals surface area contributed by atoms with Gasteiger partial charge in [-0.25, -0.2) is 0 Å². The molecular weight excluding hydrogens is 428 g/mol. The van der Waals surface area contributed by atoms with Gasteiger partial charge in [0.05, 0.1) is 16.6 Å². The summed E-state index contributed by atoms with van der Waals surface area (Å²) in [4.78, 5) is 42.2. The van der Waals surface area contributed by atoms with Gasteiger partial charge < -0.3 is 10.6 Å². The molecule has 2 aromatic carbocycles. The monoisotopic (exact) mass is 450 g/mol. The molecule has 2 N–H and O–H groups in total. The van der Waals surface area contributed by atoms with Crippen LogP contribution in [-0.2, 0) is 4.79 Å². The Morgan fingerprint density at radius 3 is 2.44 bits per heavy atom. The van der Waals surface area contributed by atoms with E-state index in [1.54, 1.807) is 30.5 Å². The molecule has 4 rings (SSSR count). The van der Waals surface area contributed by atoms with Gasteiger partial charge in [-0.05, 0) is 49.2 Å². The highest BCUT2D eigenvalue weighted by atomic mass is 35.5. The number of halogens is 1. The zero-order valence-electron chi connectivity index (χ0n) is 17.4. The van der Waals surface area contributed by atoms with Crippen LogP contribution >= 0.6 is 11.6 Å². The molecule has 3 aromatic rings. The number of carbonyl (C=O) groups is 3. The van der Waals surface area contributed by atoms with Crippen molar-refractivity contribution < 1.29 is 14.4 Å². The first kappa shape index (κ1) is 21.8. The number of pyridine rings is 1. The van der Waals surface area contributed by atoms with Crippen molar-refractivity contribution in [2.75, 3.05) is 25.0 Å². The zero-order chi connectivity index (χ0) is 22.5. The van der Waals surface area contributed by atoms with Crippen LogP contribution in [0, 0.1) is 0 Å². The molecular formula is C24H23ClN4O3. The smallest absolute Gasteiger partial charge is 0.261 e. The Hall–Kier alpha value is -3.45. The first-order valence-electron chi connectivity index (χ1n) is 10.5. The van der Waals surface area contributed by atoms with Gasteiger partial charge in [-0.1, -0.05) is 23.7 Å². The van der Waals surface area contributed by atoms with Gasteiger partial charge in [0, 0.05) is 48.3 Å². The standard InChI is InChI=1S/C24H23ClN4O3/c25-16-7-8-19-20(9-13-27-21(19)15-16)26-11-3-4-12-28-22(30)10-14-29-23(31)17-5-1-2-6-18(17)24(29)32/h1-2,5-9,13,15H,3-4,10-12,14H2,(H,26,27)(H,28,30). The van der Waals surface area contributed by atoms with E-state index >= 15 is 0 Å². The van der Waals surface area contributed by atoms with E-state index in [2.05, 4.69) is 15.6 Å². The summed E-state index contributed by atoms with van der Waals surface area (Å²) in [5, 5.41) is 7.92. The highest BCUT2D eigenvalue weighted by molar-refractivity contribution is 6.31. The second-order valence-electron chi connectivity index (χ2n) is 7.56. The SMILES string of the molecule is O=C(CCN1C(=O)c2ccccc2C1=O)NCCCCNc1ccnc2cc(Cl)ccc12. The van der Waals surface area contributed by atoms with Gasteiger partial charge >= 0.3 is 0 Å². The topological polar surface area (TPSA) is 91.4 Å². The number of nitrogens with zero attached hydrogens (tertiary/aromatic N) is 2. The van der Waals surface area contributed by atoms with Crippen LogP contribution in [-0.4, -0.2) is 47.2 Å². The fourth-order valence-electron chi connectivity index (χ4n) is 3.72. The van der Waals surface area contributed by atoms with Crippen molar-refractivity contribution >= 4 is 45.9 Å². The van der Waals surface area contributed by atoms with Gasteiger partial charge in [-0.3, -0.25) is 24.3 Å². The third-order valence-electron chi connectivity index (χ3n) is 5.39. The molecule has 0 saturated heterocycles. The van der Waals surface area contributed by atoms with Crippen LogP contribution in [0.25, 0.3) is 10.9 Å². The minimum Gasteiger partial charge on any atom is -0.384 e. The zero-order valence-corrected chi connectivity index (χ0v) is 18.2. The van der Waals surface area contributed by atoms with E-state index in [-0.39, 0.29) is 30.7 Å². The van der Waals surface area contributed by atoms with Crippen molar-refractivity contribution in [3.63, 3.8) is 0 Å². The minimum absolute atomic E-state index is 0.0822. The fourth-order valence-corrected chi connectivity index (χ4v) is 3.89. The van der Waals surface area contributed by atoms with E-state index in [1.807, 2.05) is 24.3 Å². The average Bonchev–Trinajstić information content (AvgIpc) is 3.04. The first-order valence-corrected chi connectivity index (χ1v) is 10.9. The lowest BCUT2D eigenvalue weighted by Crippen LogP contribution is -2.34. The number of carbonyl (C=O) groups excluding carboxylic acids is 3. The number of anilines is 1. The highest BCUT2D eigenvalue weighted by Crippen LogP contribution is 2.24. The Morgan fingerprint density at radius 2 is 1.69 bits per heavy atom. The van der Waals surface area contributed by atoms with Gasteiger partial charge in [0.15, 0.2) is 0 Å². The molecule has 164 valence electrons. The number of fused-ring (bicyclic) bond motifs is 2. The maximum Gasteiger partial charge on any atom is 0.261 e. The summed E-state index contributed by atoms with van der Waals surface area (Å²) in [5.74, 6) is -0.850. The second-order valence-corrected chi connectivity index (χ2v) is 8.00. The van der Waals surface area contributed by atoms with E-state index in [1.165, 1.54) is 0 Å². The maximum atomic E-state index is 12.3. The molecule has 32 heavy (non-hydrogen) atoms. The molecule has 1 aromatic heterocycles. The predicted molar refractivity (Wildman–Crippen MR) is 124 cm³/mol. The molecule has 3 amide bonds. The number of aromatic nitrogens is 1. The number of rotatable bonds is 9. The summed E-state index contributed by atoms with van der Waals surface area (Å²) < 4.78 is 0. The van der Waals surface area contributed by atoms with E-state index < -0.39 is 0 Å². The van der Waals surface area contributed by atoms with E-state index in [9.17, 15) is 14.4 Å². The van der Waals surface area contributed by atoms with Crippen LogP contribution < -0.4 is 10.6 Å². The summed E-state index contributed by atoms with van der Waals surface area (Å²) in [6.07, 6.45) is 3.52. The van der Waals surface area contributed by atoms with Crippen molar-refractivity contribution in [3.8, 4) is 0 Å². The third kappa shape index (κ3) is 4.73. The number of benzene rings is 2. The molecule has 1 aliphatic rings. The van der Waals surface area contributed by atoms with E-state index in [0.717, 1.165) is 40.9 Å². The van der Waals surface area contributed by atoms with E-state index in [4.69, 9.17) is 11.6 Å². The molecule has 1 aliphatic heterocycles. The summed E-state index contributed by atoms with van der Waals surface area (Å²) in [6.45, 7) is 1.38. The van der Waals surface area contributed by atoms with Crippen molar-refractivity contribution in [3.05, 3.63) is 70.9 Å².